The van der Waals surface area contributed by atoms with Gasteiger partial charge in [0.2, 0.25) is 10.0 Å². The van der Waals surface area contributed by atoms with Crippen molar-refractivity contribution in [2.75, 3.05) is 33.3 Å². The number of carbonyl (C=O) groups is 1. The summed E-state index contributed by atoms with van der Waals surface area (Å²) in [5.41, 5.74) is 1.48. The number of carbonyl (C=O) groups excluding carboxylic acids is 1. The number of ether oxygens (including phenoxy) is 1. The second kappa shape index (κ2) is 11.5. The molecule has 182 valence electrons. The van der Waals surface area contributed by atoms with E-state index in [1.54, 1.807) is 23.5 Å². The summed E-state index contributed by atoms with van der Waals surface area (Å²) in [6.45, 7) is 8.79. The van der Waals surface area contributed by atoms with Gasteiger partial charge in [-0.05, 0) is 73.4 Å². The summed E-state index contributed by atoms with van der Waals surface area (Å²) < 4.78 is 33.8. The maximum atomic E-state index is 13.4. The molecule has 1 aliphatic rings. The van der Waals surface area contributed by atoms with E-state index in [0.29, 0.717) is 18.7 Å². The van der Waals surface area contributed by atoms with Gasteiger partial charge in [0.1, 0.15) is 10.6 Å². The first kappa shape index (κ1) is 25.7. The van der Waals surface area contributed by atoms with Crippen molar-refractivity contribution >= 4 is 27.3 Å². The lowest BCUT2D eigenvalue weighted by Gasteiger charge is -2.32. The molecule has 0 aliphatic carbocycles. The molecule has 7 nitrogen and oxygen atoms in total. The van der Waals surface area contributed by atoms with E-state index in [0.717, 1.165) is 32.4 Å². The first-order valence-electron chi connectivity index (χ1n) is 11.6. The van der Waals surface area contributed by atoms with Gasteiger partial charge in [-0.3, -0.25) is 9.69 Å². The van der Waals surface area contributed by atoms with Crippen LogP contribution in [0.3, 0.4) is 0 Å². The van der Waals surface area contributed by atoms with Crippen LogP contribution in [0.15, 0.2) is 39.9 Å². The van der Waals surface area contributed by atoms with Crippen molar-refractivity contribution in [3.05, 3.63) is 46.2 Å². The fraction of sp³-hybridized carbons (Fsp3) is 0.542. The number of benzene rings is 1. The zero-order valence-electron chi connectivity index (χ0n) is 19.9. The van der Waals surface area contributed by atoms with Crippen LogP contribution >= 0.6 is 11.3 Å². The van der Waals surface area contributed by atoms with E-state index >= 15 is 0 Å². The van der Waals surface area contributed by atoms with Gasteiger partial charge in [-0.15, -0.1) is 0 Å². The third kappa shape index (κ3) is 5.77. The van der Waals surface area contributed by atoms with Crippen LogP contribution in [0, 0.1) is 0 Å². The molecule has 1 fully saturated rings. The van der Waals surface area contributed by atoms with E-state index in [2.05, 4.69) is 35.5 Å². The molecule has 1 N–H and O–H groups in total. The topological polar surface area (TPSA) is 79.0 Å². The summed E-state index contributed by atoms with van der Waals surface area (Å²) >= 11 is 1.63. The van der Waals surface area contributed by atoms with Gasteiger partial charge in [-0.25, -0.2) is 8.42 Å². The number of piperidine rings is 1. The largest absolute Gasteiger partial charge is 0.495 e. The first-order chi connectivity index (χ1) is 15.8. The van der Waals surface area contributed by atoms with E-state index in [4.69, 9.17) is 4.74 Å². The standard InChI is InChI=1S/C24H35N3O4S2/c1-5-26(6-2)21(20-12-14-32-17-20)16-25-24(28)19-10-11-22(31-4)23(15-19)33(29,30)27-13-8-7-9-18(27)3/h10-12,14-15,17-18,21H,5-9,13,16H2,1-4H3,(H,25,28). The third-order valence-corrected chi connectivity index (χ3v) is 9.13. The van der Waals surface area contributed by atoms with Gasteiger partial charge in [-0.1, -0.05) is 20.3 Å². The summed E-state index contributed by atoms with van der Waals surface area (Å²) in [6.07, 6.45) is 2.68. The summed E-state index contributed by atoms with van der Waals surface area (Å²) in [4.78, 5) is 15.4. The van der Waals surface area contributed by atoms with E-state index < -0.39 is 10.0 Å². The molecular formula is C24H35N3O4S2. The Kier molecular flexibility index (Phi) is 8.92. The normalized spacial score (nSPS) is 18.3. The predicted octanol–water partition coefficient (Wildman–Crippen LogP) is 4.13. The molecule has 9 heteroatoms. The van der Waals surface area contributed by atoms with Gasteiger partial charge in [0.25, 0.3) is 5.91 Å². The number of amides is 1. The molecule has 0 bridgehead atoms. The molecule has 1 aromatic carbocycles. The highest BCUT2D eigenvalue weighted by Crippen LogP contribution is 2.32. The summed E-state index contributed by atoms with van der Waals surface area (Å²) in [5, 5.41) is 7.16. The van der Waals surface area contributed by atoms with Crippen molar-refractivity contribution in [3.8, 4) is 5.75 Å². The van der Waals surface area contributed by atoms with E-state index in [9.17, 15) is 13.2 Å². The van der Waals surface area contributed by atoms with E-state index in [1.807, 2.05) is 12.3 Å². The van der Waals surface area contributed by atoms with Gasteiger partial charge < -0.3 is 10.1 Å². The van der Waals surface area contributed by atoms with Crippen LogP contribution in [-0.4, -0.2) is 62.9 Å². The lowest BCUT2D eigenvalue weighted by atomic mass is 10.1. The van der Waals surface area contributed by atoms with Crippen molar-refractivity contribution in [2.45, 2.75) is 57.0 Å². The smallest absolute Gasteiger partial charge is 0.251 e. The summed E-state index contributed by atoms with van der Waals surface area (Å²) in [7, 11) is -2.33. The number of hydrogen-bond acceptors (Lipinski definition) is 6. The number of sulfonamides is 1. The Balaban J connectivity index is 1.84. The number of rotatable bonds is 10. The minimum absolute atomic E-state index is 0.0459. The fourth-order valence-electron chi connectivity index (χ4n) is 4.45. The molecule has 1 aliphatic heterocycles. The highest BCUT2D eigenvalue weighted by Gasteiger charge is 2.33. The average molecular weight is 494 g/mol. The number of likely N-dealkylation sites (N-methyl/N-ethyl adjacent to an activating group) is 1. The number of methoxy groups -OCH3 is 1. The van der Waals surface area contributed by atoms with Crippen LogP contribution in [-0.2, 0) is 10.0 Å². The van der Waals surface area contributed by atoms with E-state index in [1.165, 1.54) is 23.0 Å². The van der Waals surface area contributed by atoms with Gasteiger partial charge in [0, 0.05) is 24.7 Å². The molecule has 0 spiro atoms. The Bertz CT molecular complexity index is 1020. The molecule has 1 aromatic heterocycles. The van der Waals surface area contributed by atoms with Crippen LogP contribution < -0.4 is 10.1 Å². The molecule has 1 amide bonds. The van der Waals surface area contributed by atoms with Crippen molar-refractivity contribution in [1.82, 2.24) is 14.5 Å². The minimum Gasteiger partial charge on any atom is -0.495 e. The Morgan fingerprint density at radius 3 is 2.64 bits per heavy atom. The van der Waals surface area contributed by atoms with Crippen LogP contribution in [0.2, 0.25) is 0 Å². The molecule has 33 heavy (non-hydrogen) atoms. The van der Waals surface area contributed by atoms with Gasteiger partial charge in [0.15, 0.2) is 0 Å². The Labute approximate surface area is 201 Å². The highest BCUT2D eigenvalue weighted by molar-refractivity contribution is 7.89. The minimum atomic E-state index is -3.78. The molecule has 0 radical (unpaired) electrons. The van der Waals surface area contributed by atoms with Crippen LogP contribution in [0.4, 0.5) is 0 Å². The zero-order chi connectivity index (χ0) is 24.0. The SMILES string of the molecule is CCN(CC)C(CNC(=O)c1ccc(OC)c(S(=O)(=O)N2CCCCC2C)c1)c1ccsc1. The molecule has 0 saturated carbocycles. The third-order valence-electron chi connectivity index (χ3n) is 6.39. The number of thiophene rings is 1. The second-order valence-corrected chi connectivity index (χ2v) is 11.0. The zero-order valence-corrected chi connectivity index (χ0v) is 21.5. The van der Waals surface area contributed by atoms with Crippen molar-refractivity contribution in [2.24, 2.45) is 0 Å². The number of nitrogens with zero attached hydrogens (tertiary/aromatic N) is 2. The van der Waals surface area contributed by atoms with Crippen molar-refractivity contribution in [1.29, 1.82) is 0 Å². The van der Waals surface area contributed by atoms with Crippen LogP contribution in [0.5, 0.6) is 5.75 Å². The molecular weight excluding hydrogens is 458 g/mol. The van der Waals surface area contributed by atoms with E-state index in [-0.39, 0.29) is 28.6 Å². The molecule has 2 atom stereocenters. The van der Waals surface area contributed by atoms with Crippen molar-refractivity contribution in [3.63, 3.8) is 0 Å². The van der Waals surface area contributed by atoms with Gasteiger partial charge >= 0.3 is 0 Å². The maximum absolute atomic E-state index is 13.4. The highest BCUT2D eigenvalue weighted by atomic mass is 32.2. The lowest BCUT2D eigenvalue weighted by Crippen LogP contribution is -2.42. The predicted molar refractivity (Wildman–Crippen MR) is 133 cm³/mol. The van der Waals surface area contributed by atoms with Crippen molar-refractivity contribution < 1.29 is 17.9 Å². The summed E-state index contributed by atoms with van der Waals surface area (Å²) in [5.74, 6) is -0.0446. The van der Waals surface area contributed by atoms with Gasteiger partial charge in [-0.2, -0.15) is 15.6 Å². The Morgan fingerprint density at radius 2 is 2.03 bits per heavy atom. The molecule has 2 heterocycles. The fourth-order valence-corrected chi connectivity index (χ4v) is 7.04. The lowest BCUT2D eigenvalue weighted by molar-refractivity contribution is 0.0934. The number of nitrogens with one attached hydrogen (secondary N) is 1. The van der Waals surface area contributed by atoms with Crippen LogP contribution in [0.25, 0.3) is 0 Å². The summed E-state index contributed by atoms with van der Waals surface area (Å²) in [6, 6.07) is 6.69. The monoisotopic (exact) mass is 493 g/mol. The molecule has 3 rings (SSSR count). The first-order valence-corrected chi connectivity index (χ1v) is 14.0. The molecule has 2 aromatic rings. The quantitative estimate of drug-likeness (QED) is 0.538. The Morgan fingerprint density at radius 1 is 1.27 bits per heavy atom. The number of hydrogen-bond donors (Lipinski definition) is 1. The second-order valence-electron chi connectivity index (χ2n) is 8.33. The van der Waals surface area contributed by atoms with Gasteiger partial charge in [0.05, 0.1) is 13.2 Å². The average Bonchev–Trinajstić information content (AvgIpc) is 3.36. The maximum Gasteiger partial charge on any atom is 0.251 e. The molecule has 2 unspecified atom stereocenters. The molecule has 1 saturated heterocycles. The Hall–Kier alpha value is -1.94. The van der Waals surface area contributed by atoms with Crippen LogP contribution in [0.1, 0.15) is 62.0 Å².